The summed E-state index contributed by atoms with van der Waals surface area (Å²) in [6.45, 7) is 4.95. The third-order valence-electron chi connectivity index (χ3n) is 3.21. The van der Waals surface area contributed by atoms with Crippen LogP contribution in [0.4, 0.5) is 0 Å². The molecule has 0 saturated carbocycles. The van der Waals surface area contributed by atoms with Gasteiger partial charge in [0.05, 0.1) is 7.11 Å². The Labute approximate surface area is 119 Å². The molecule has 5 heteroatoms. The summed E-state index contributed by atoms with van der Waals surface area (Å²) < 4.78 is 15.6. The summed E-state index contributed by atoms with van der Waals surface area (Å²) in [6.07, 6.45) is 0.735. The highest BCUT2D eigenvalue weighted by Crippen LogP contribution is 2.35. The normalized spacial score (nSPS) is 14.4. The lowest BCUT2D eigenvalue weighted by molar-refractivity contribution is -0.143. The molecular weight excluding hydrogens is 258 g/mol. The number of esters is 1. The van der Waals surface area contributed by atoms with Crippen LogP contribution in [-0.4, -0.2) is 25.9 Å². The van der Waals surface area contributed by atoms with E-state index in [1.54, 1.807) is 0 Å². The molecule has 0 fully saturated rings. The fraction of sp³-hybridized carbons (Fsp3) is 0.533. The molecule has 0 spiro atoms. The minimum Gasteiger partial charge on any atom is -0.468 e. The van der Waals surface area contributed by atoms with Crippen LogP contribution in [0, 0.1) is 5.92 Å². The molecule has 2 rings (SSSR count). The number of carbonyl (C=O) groups excluding carboxylic acids is 1. The Morgan fingerprint density at radius 3 is 2.90 bits per heavy atom. The molecule has 1 unspecified atom stereocenters. The molecular formula is C15H21NO4. The van der Waals surface area contributed by atoms with Crippen molar-refractivity contribution in [2.24, 2.45) is 5.92 Å². The molecule has 1 aromatic rings. The SMILES string of the molecule is COC(=O)C(CC(C)C)NCc1cccc2c1OCO2. The minimum absolute atomic E-state index is 0.233. The molecule has 0 amide bonds. The van der Waals surface area contributed by atoms with Crippen molar-refractivity contribution in [2.75, 3.05) is 13.9 Å². The van der Waals surface area contributed by atoms with E-state index in [1.165, 1.54) is 7.11 Å². The number of fused-ring (bicyclic) bond motifs is 1. The van der Waals surface area contributed by atoms with Crippen LogP contribution in [0.25, 0.3) is 0 Å². The van der Waals surface area contributed by atoms with Gasteiger partial charge in [-0.25, -0.2) is 0 Å². The second kappa shape index (κ2) is 6.61. The van der Waals surface area contributed by atoms with Gasteiger partial charge in [0.25, 0.3) is 0 Å². The Kier molecular flexibility index (Phi) is 4.84. The van der Waals surface area contributed by atoms with Gasteiger partial charge in [-0.05, 0) is 18.4 Å². The van der Waals surface area contributed by atoms with Crippen molar-refractivity contribution < 1.29 is 19.0 Å². The number of hydrogen-bond acceptors (Lipinski definition) is 5. The molecule has 0 radical (unpaired) electrons. The standard InChI is InChI=1S/C15H21NO4/c1-10(2)7-12(15(17)18-3)16-8-11-5-4-6-13-14(11)20-9-19-13/h4-6,10,12,16H,7-9H2,1-3H3. The number of benzene rings is 1. The van der Waals surface area contributed by atoms with Gasteiger partial charge < -0.3 is 19.5 Å². The van der Waals surface area contributed by atoms with Crippen molar-refractivity contribution >= 4 is 5.97 Å². The summed E-state index contributed by atoms with van der Waals surface area (Å²) in [4.78, 5) is 11.8. The molecule has 1 aliphatic rings. The number of hydrogen-bond donors (Lipinski definition) is 1. The van der Waals surface area contributed by atoms with E-state index in [2.05, 4.69) is 19.2 Å². The van der Waals surface area contributed by atoms with Crippen LogP contribution in [0.5, 0.6) is 11.5 Å². The molecule has 20 heavy (non-hydrogen) atoms. The van der Waals surface area contributed by atoms with E-state index in [1.807, 2.05) is 18.2 Å². The molecule has 1 aromatic carbocycles. The first-order valence-corrected chi connectivity index (χ1v) is 6.80. The van der Waals surface area contributed by atoms with Gasteiger partial charge in [0.2, 0.25) is 6.79 Å². The van der Waals surface area contributed by atoms with Crippen LogP contribution in [-0.2, 0) is 16.1 Å². The van der Waals surface area contributed by atoms with Crippen LogP contribution in [0.1, 0.15) is 25.8 Å². The summed E-state index contributed by atoms with van der Waals surface area (Å²) in [5, 5.41) is 3.24. The molecule has 1 N–H and O–H groups in total. The van der Waals surface area contributed by atoms with Crippen LogP contribution < -0.4 is 14.8 Å². The van der Waals surface area contributed by atoms with Gasteiger partial charge >= 0.3 is 5.97 Å². The predicted octanol–water partition coefficient (Wildman–Crippen LogP) is 2.09. The van der Waals surface area contributed by atoms with Crippen molar-refractivity contribution in [3.05, 3.63) is 23.8 Å². The van der Waals surface area contributed by atoms with E-state index < -0.39 is 0 Å². The quantitative estimate of drug-likeness (QED) is 0.808. The molecule has 110 valence electrons. The summed E-state index contributed by atoms with van der Waals surface area (Å²) in [5.41, 5.74) is 0.984. The Morgan fingerprint density at radius 2 is 2.20 bits per heavy atom. The summed E-state index contributed by atoms with van der Waals surface area (Å²) >= 11 is 0. The van der Waals surface area contributed by atoms with Gasteiger partial charge in [0.1, 0.15) is 6.04 Å². The van der Waals surface area contributed by atoms with Gasteiger partial charge in [0.15, 0.2) is 11.5 Å². The van der Waals surface area contributed by atoms with E-state index in [9.17, 15) is 4.79 Å². The Hall–Kier alpha value is -1.75. The van der Waals surface area contributed by atoms with Crippen LogP contribution in [0.3, 0.4) is 0 Å². The maximum absolute atomic E-state index is 11.8. The fourth-order valence-corrected chi connectivity index (χ4v) is 2.24. The first kappa shape index (κ1) is 14.7. The Morgan fingerprint density at radius 1 is 1.40 bits per heavy atom. The zero-order valence-electron chi connectivity index (χ0n) is 12.1. The Bertz CT molecular complexity index is 473. The van der Waals surface area contributed by atoms with Crippen LogP contribution >= 0.6 is 0 Å². The smallest absolute Gasteiger partial charge is 0.322 e. The van der Waals surface area contributed by atoms with E-state index in [-0.39, 0.29) is 18.8 Å². The topological polar surface area (TPSA) is 56.8 Å². The van der Waals surface area contributed by atoms with E-state index in [0.717, 1.165) is 23.5 Å². The third kappa shape index (κ3) is 3.42. The van der Waals surface area contributed by atoms with Gasteiger partial charge in [-0.2, -0.15) is 0 Å². The predicted molar refractivity (Wildman–Crippen MR) is 74.7 cm³/mol. The lowest BCUT2D eigenvalue weighted by Crippen LogP contribution is -2.38. The molecule has 0 bridgehead atoms. The molecule has 0 saturated heterocycles. The Balaban J connectivity index is 2.02. The number of rotatable bonds is 6. The maximum Gasteiger partial charge on any atom is 0.322 e. The first-order valence-electron chi connectivity index (χ1n) is 6.80. The number of carbonyl (C=O) groups is 1. The molecule has 0 aromatic heterocycles. The van der Waals surface area contributed by atoms with Crippen molar-refractivity contribution in [3.63, 3.8) is 0 Å². The zero-order chi connectivity index (χ0) is 14.5. The second-order valence-electron chi connectivity index (χ2n) is 5.24. The average Bonchev–Trinajstić information content (AvgIpc) is 2.91. The lowest BCUT2D eigenvalue weighted by atomic mass is 10.0. The van der Waals surface area contributed by atoms with Gasteiger partial charge in [0, 0.05) is 12.1 Å². The molecule has 1 atom stereocenters. The first-order chi connectivity index (χ1) is 9.61. The van der Waals surface area contributed by atoms with Gasteiger partial charge in [-0.15, -0.1) is 0 Å². The molecule has 1 heterocycles. The van der Waals surface area contributed by atoms with Crippen molar-refractivity contribution in [1.82, 2.24) is 5.32 Å². The highest BCUT2D eigenvalue weighted by molar-refractivity contribution is 5.75. The highest BCUT2D eigenvalue weighted by atomic mass is 16.7. The largest absolute Gasteiger partial charge is 0.468 e. The number of methoxy groups -OCH3 is 1. The number of para-hydroxylation sites is 1. The van der Waals surface area contributed by atoms with E-state index in [0.29, 0.717) is 12.5 Å². The fourth-order valence-electron chi connectivity index (χ4n) is 2.24. The highest BCUT2D eigenvalue weighted by Gasteiger charge is 2.22. The van der Waals surface area contributed by atoms with Gasteiger partial charge in [-0.3, -0.25) is 4.79 Å². The van der Waals surface area contributed by atoms with Crippen LogP contribution in [0.15, 0.2) is 18.2 Å². The van der Waals surface area contributed by atoms with Crippen molar-refractivity contribution in [2.45, 2.75) is 32.9 Å². The summed E-state index contributed by atoms with van der Waals surface area (Å²) in [7, 11) is 1.41. The van der Waals surface area contributed by atoms with E-state index >= 15 is 0 Å². The minimum atomic E-state index is -0.307. The number of nitrogens with one attached hydrogen (secondary N) is 1. The van der Waals surface area contributed by atoms with Crippen molar-refractivity contribution in [3.8, 4) is 11.5 Å². The number of ether oxygens (including phenoxy) is 3. The zero-order valence-corrected chi connectivity index (χ0v) is 12.1. The molecule has 0 aliphatic carbocycles. The van der Waals surface area contributed by atoms with Crippen molar-refractivity contribution in [1.29, 1.82) is 0 Å². The lowest BCUT2D eigenvalue weighted by Gasteiger charge is -2.18. The monoisotopic (exact) mass is 279 g/mol. The summed E-state index contributed by atoms with van der Waals surface area (Å²) in [6, 6.07) is 5.44. The third-order valence-corrected chi connectivity index (χ3v) is 3.21. The second-order valence-corrected chi connectivity index (χ2v) is 5.24. The van der Waals surface area contributed by atoms with E-state index in [4.69, 9.17) is 14.2 Å². The van der Waals surface area contributed by atoms with Gasteiger partial charge in [-0.1, -0.05) is 26.0 Å². The molecule has 1 aliphatic heterocycles. The van der Waals surface area contributed by atoms with Crippen LogP contribution in [0.2, 0.25) is 0 Å². The maximum atomic E-state index is 11.8. The summed E-state index contributed by atoms with van der Waals surface area (Å²) in [5.74, 6) is 1.69. The average molecular weight is 279 g/mol. The molecule has 5 nitrogen and oxygen atoms in total.